The van der Waals surface area contributed by atoms with E-state index in [9.17, 15) is 9.59 Å². The first-order valence-electron chi connectivity index (χ1n) is 13.9. The van der Waals surface area contributed by atoms with Crippen LogP contribution in [0.15, 0.2) is 47.5 Å². The van der Waals surface area contributed by atoms with Crippen LogP contribution in [0.4, 0.5) is 5.82 Å². The van der Waals surface area contributed by atoms with Crippen molar-refractivity contribution in [2.75, 3.05) is 38.1 Å². The van der Waals surface area contributed by atoms with Gasteiger partial charge < -0.3 is 24.7 Å². The Morgan fingerprint density at radius 1 is 1.12 bits per heavy atom. The van der Waals surface area contributed by atoms with Crippen LogP contribution in [0.1, 0.15) is 53.5 Å². The summed E-state index contributed by atoms with van der Waals surface area (Å²) in [5, 5.41) is 4.10. The molecular weight excluding hydrogens is 524 g/mol. The van der Waals surface area contributed by atoms with Crippen molar-refractivity contribution in [2.24, 2.45) is 0 Å². The molecule has 4 heterocycles. The summed E-state index contributed by atoms with van der Waals surface area (Å²) in [5.41, 5.74) is 5.27. The van der Waals surface area contributed by atoms with E-state index in [0.717, 1.165) is 66.0 Å². The largest absolute Gasteiger partial charge is 0.354 e. The molecule has 1 amide bonds. The number of benzene rings is 1. The van der Waals surface area contributed by atoms with Crippen molar-refractivity contribution in [2.45, 2.75) is 46.7 Å². The molecule has 1 aromatic carbocycles. The van der Waals surface area contributed by atoms with E-state index in [2.05, 4.69) is 70.0 Å². The molecule has 1 aliphatic heterocycles. The number of carbonyl (C=O) groups is 1. The van der Waals surface area contributed by atoms with Crippen LogP contribution in [0.5, 0.6) is 0 Å². The number of aryl methyl sites for hydroxylation is 2. The summed E-state index contributed by atoms with van der Waals surface area (Å²) in [6.45, 7) is 12.1. The van der Waals surface area contributed by atoms with Gasteiger partial charge in [-0.2, -0.15) is 0 Å². The Kier molecular flexibility index (Phi) is 8.01. The first kappa shape index (κ1) is 27.9. The second-order valence-corrected chi connectivity index (χ2v) is 11.3. The Balaban J connectivity index is 1.52. The smallest absolute Gasteiger partial charge is 0.252 e. The maximum absolute atomic E-state index is 13.7. The fraction of sp³-hybridized carbons (Fsp3) is 0.387. The molecule has 1 fully saturated rings. The fourth-order valence-corrected chi connectivity index (χ4v) is 5.69. The number of fused-ring (bicyclic) bond motifs is 1. The van der Waals surface area contributed by atoms with E-state index in [-0.39, 0.29) is 29.1 Å². The first-order chi connectivity index (χ1) is 19.2. The van der Waals surface area contributed by atoms with Crippen molar-refractivity contribution in [1.29, 1.82) is 0 Å². The highest BCUT2D eigenvalue weighted by Gasteiger charge is 2.21. The van der Waals surface area contributed by atoms with Crippen LogP contribution in [0, 0.1) is 13.8 Å². The van der Waals surface area contributed by atoms with Gasteiger partial charge in [-0.25, -0.2) is 4.98 Å². The van der Waals surface area contributed by atoms with Crippen LogP contribution in [0.3, 0.4) is 0 Å². The van der Waals surface area contributed by atoms with Gasteiger partial charge in [0.15, 0.2) is 5.43 Å². The van der Waals surface area contributed by atoms with Crippen LogP contribution < -0.4 is 15.6 Å². The predicted octanol–water partition coefficient (Wildman–Crippen LogP) is 5.31. The minimum atomic E-state index is -0.255. The molecule has 0 radical (unpaired) electrons. The van der Waals surface area contributed by atoms with Crippen LogP contribution in [0.2, 0.25) is 5.15 Å². The van der Waals surface area contributed by atoms with Gasteiger partial charge in [0.05, 0.1) is 5.56 Å². The third-order valence-electron chi connectivity index (χ3n) is 7.98. The van der Waals surface area contributed by atoms with Crippen molar-refractivity contribution in [3.8, 4) is 11.1 Å². The molecule has 5 rings (SSSR count). The summed E-state index contributed by atoms with van der Waals surface area (Å²) in [5.74, 6) is 0.713. The molecule has 9 heteroatoms. The maximum Gasteiger partial charge on any atom is 0.252 e. The number of halogens is 1. The Bertz CT molecular complexity index is 1600. The van der Waals surface area contributed by atoms with E-state index in [1.54, 1.807) is 6.92 Å². The average molecular weight is 561 g/mol. The molecule has 1 unspecified atom stereocenters. The maximum atomic E-state index is 13.7. The molecule has 40 heavy (non-hydrogen) atoms. The molecular formula is C31H37ClN6O2. The summed E-state index contributed by atoms with van der Waals surface area (Å²) in [4.78, 5) is 38.6. The zero-order valence-electron chi connectivity index (χ0n) is 23.8. The zero-order valence-corrected chi connectivity index (χ0v) is 24.6. The molecule has 1 saturated heterocycles. The normalized spacial score (nSPS) is 15.0. The highest BCUT2D eigenvalue weighted by molar-refractivity contribution is 6.30. The van der Waals surface area contributed by atoms with E-state index in [4.69, 9.17) is 16.6 Å². The van der Waals surface area contributed by atoms with Gasteiger partial charge in [-0.1, -0.05) is 18.5 Å². The van der Waals surface area contributed by atoms with Crippen molar-refractivity contribution in [1.82, 2.24) is 24.8 Å². The number of H-pyrrole nitrogens is 1. The van der Waals surface area contributed by atoms with Crippen molar-refractivity contribution in [3.05, 3.63) is 80.5 Å². The monoisotopic (exact) mass is 560 g/mol. The zero-order chi connectivity index (χ0) is 28.6. The SMILES string of the molecule is CCC(C)n1cc(C)c2c(C(=O)NCc3c(Cl)[nH]c(C)cc3=O)cc(-c3ccc(N4CCN(C)CC4)nc3)cc21. The molecule has 8 nitrogen and oxygen atoms in total. The van der Waals surface area contributed by atoms with E-state index in [1.807, 2.05) is 19.2 Å². The number of hydrogen-bond donors (Lipinski definition) is 2. The molecule has 210 valence electrons. The van der Waals surface area contributed by atoms with E-state index in [1.165, 1.54) is 6.07 Å². The van der Waals surface area contributed by atoms with Crippen LogP contribution in [0.25, 0.3) is 22.0 Å². The molecule has 0 spiro atoms. The van der Waals surface area contributed by atoms with Gasteiger partial charge in [-0.15, -0.1) is 0 Å². The predicted molar refractivity (Wildman–Crippen MR) is 163 cm³/mol. The van der Waals surface area contributed by atoms with Gasteiger partial charge >= 0.3 is 0 Å². The minimum absolute atomic E-state index is 0.0331. The lowest BCUT2D eigenvalue weighted by atomic mass is 9.98. The van der Waals surface area contributed by atoms with Gasteiger partial charge in [0.25, 0.3) is 5.91 Å². The number of pyridine rings is 2. The van der Waals surface area contributed by atoms with E-state index >= 15 is 0 Å². The second kappa shape index (κ2) is 11.5. The number of piperazine rings is 1. The third kappa shape index (κ3) is 5.51. The number of rotatable bonds is 7. The quantitative estimate of drug-likeness (QED) is 0.299. The summed E-state index contributed by atoms with van der Waals surface area (Å²) in [7, 11) is 2.14. The number of aromatic amines is 1. The molecule has 0 aliphatic carbocycles. The number of nitrogens with one attached hydrogen (secondary N) is 2. The number of anilines is 1. The highest BCUT2D eigenvalue weighted by atomic mass is 35.5. The van der Waals surface area contributed by atoms with Crippen LogP contribution in [-0.2, 0) is 6.54 Å². The Morgan fingerprint density at radius 2 is 1.88 bits per heavy atom. The fourth-order valence-electron chi connectivity index (χ4n) is 5.38. The van der Waals surface area contributed by atoms with Gasteiger partial charge in [-0.3, -0.25) is 9.59 Å². The topological polar surface area (TPSA) is 86.3 Å². The molecule has 4 aromatic rings. The highest BCUT2D eigenvalue weighted by Crippen LogP contribution is 2.34. The molecule has 0 saturated carbocycles. The van der Waals surface area contributed by atoms with Crippen molar-refractivity contribution < 1.29 is 4.79 Å². The van der Waals surface area contributed by atoms with Crippen LogP contribution in [-0.4, -0.2) is 58.6 Å². The van der Waals surface area contributed by atoms with Gasteiger partial charge in [-0.05, 0) is 69.6 Å². The van der Waals surface area contributed by atoms with E-state index in [0.29, 0.717) is 16.8 Å². The number of aromatic nitrogens is 3. The lowest BCUT2D eigenvalue weighted by Gasteiger charge is -2.33. The molecule has 2 N–H and O–H groups in total. The van der Waals surface area contributed by atoms with E-state index < -0.39 is 0 Å². The standard InChI is InChI=1S/C31H37ClN6O2/c1-6-21(4)38-18-19(2)29-24(31(40)34-17-25-27(39)13-20(3)35-30(25)32)14-23(15-26(29)38)22-7-8-28(33-16-22)37-11-9-36(5)10-12-37/h7-8,13-16,18,21H,6,9-12,17H2,1-5H3,(H,34,40)(H,35,39). The third-order valence-corrected chi connectivity index (χ3v) is 8.31. The molecule has 0 bridgehead atoms. The number of amides is 1. The molecule has 1 atom stereocenters. The summed E-state index contributed by atoms with van der Waals surface area (Å²) >= 11 is 6.30. The van der Waals surface area contributed by atoms with Gasteiger partial charge in [0.1, 0.15) is 11.0 Å². The lowest BCUT2D eigenvalue weighted by Crippen LogP contribution is -2.44. The van der Waals surface area contributed by atoms with Crippen LogP contribution >= 0.6 is 11.6 Å². The summed E-state index contributed by atoms with van der Waals surface area (Å²) in [6, 6.07) is 9.98. The number of hydrogen-bond acceptors (Lipinski definition) is 5. The number of likely N-dealkylation sites (N-methyl/N-ethyl adjacent to an activating group) is 1. The Hall–Kier alpha value is -3.62. The first-order valence-corrected chi connectivity index (χ1v) is 14.3. The van der Waals surface area contributed by atoms with Crippen molar-refractivity contribution >= 4 is 34.2 Å². The summed E-state index contributed by atoms with van der Waals surface area (Å²) < 4.78 is 2.25. The van der Waals surface area contributed by atoms with Crippen molar-refractivity contribution in [3.63, 3.8) is 0 Å². The number of carbonyl (C=O) groups excluding carboxylic acids is 1. The Morgan fingerprint density at radius 3 is 2.52 bits per heavy atom. The molecule has 3 aromatic heterocycles. The summed E-state index contributed by atoms with van der Waals surface area (Å²) in [6.07, 6.45) is 4.98. The number of nitrogens with zero attached hydrogens (tertiary/aromatic N) is 4. The second-order valence-electron chi connectivity index (χ2n) is 10.9. The minimum Gasteiger partial charge on any atom is -0.354 e. The van der Waals surface area contributed by atoms with Gasteiger partial charge in [0, 0.05) is 84.9 Å². The molecule has 1 aliphatic rings. The lowest BCUT2D eigenvalue weighted by molar-refractivity contribution is 0.0952. The van der Waals surface area contributed by atoms with Gasteiger partial charge in [0.2, 0.25) is 0 Å². The Labute approximate surface area is 240 Å². The average Bonchev–Trinajstić information content (AvgIpc) is 3.28.